The number of aliphatic imine (C=N–C) groups is 2. The molecule has 0 bridgehead atoms. The van der Waals surface area contributed by atoms with Crippen molar-refractivity contribution in [1.29, 1.82) is 0 Å². The Labute approximate surface area is 578 Å². The number of hydrogen-bond donors (Lipinski definition) is 19. The molecule has 100 heavy (non-hydrogen) atoms. The molecule has 23 N–H and O–H groups in total. The molecule has 36 nitrogen and oxygen atoms in total. The average Bonchev–Trinajstić information content (AvgIpc) is 1.26. The van der Waals surface area contributed by atoms with Crippen LogP contribution in [0.2, 0.25) is 0 Å². The van der Waals surface area contributed by atoms with Crippen molar-refractivity contribution in [2.45, 2.75) is 172 Å². The van der Waals surface area contributed by atoms with Crippen molar-refractivity contribution < 1.29 is 87.1 Å². The van der Waals surface area contributed by atoms with Crippen LogP contribution in [-0.4, -0.2) is 217 Å². The molecule has 12 amide bonds. The molecular weight excluding hydrogens is 1310 g/mol. The molecule has 2 fully saturated rings. The molecule has 9 atom stereocenters. The Bertz CT molecular complexity index is 3180. The highest BCUT2D eigenvalue weighted by atomic mass is 16.5. The van der Waals surface area contributed by atoms with Gasteiger partial charge in [0.25, 0.3) is 0 Å². The van der Waals surface area contributed by atoms with Gasteiger partial charge in [-0.3, -0.25) is 72.3 Å². The van der Waals surface area contributed by atoms with Gasteiger partial charge in [-0.1, -0.05) is 52.0 Å². The summed E-state index contributed by atoms with van der Waals surface area (Å²) in [6.07, 6.45) is -2.49. The highest BCUT2D eigenvalue weighted by Gasteiger charge is 2.37. The predicted molar refractivity (Wildman–Crippen MR) is 361 cm³/mol. The summed E-state index contributed by atoms with van der Waals surface area (Å²) >= 11 is 0. The molecule has 552 valence electrons. The van der Waals surface area contributed by atoms with Gasteiger partial charge < -0.3 is 112 Å². The number of nitrogens with two attached hydrogens (primary N) is 4. The molecule has 0 saturated carbocycles. The van der Waals surface area contributed by atoms with E-state index >= 15 is 0 Å². The third-order valence-electron chi connectivity index (χ3n) is 15.5. The van der Waals surface area contributed by atoms with Gasteiger partial charge >= 0.3 is 5.97 Å². The monoisotopic (exact) mass is 1410 g/mol. The Morgan fingerprint density at radius 1 is 0.540 bits per heavy atom. The van der Waals surface area contributed by atoms with Crippen molar-refractivity contribution >= 4 is 88.7 Å². The minimum absolute atomic E-state index is 0.0272. The lowest BCUT2D eigenvalue weighted by Crippen LogP contribution is -2.59. The fourth-order valence-electron chi connectivity index (χ4n) is 10.1. The van der Waals surface area contributed by atoms with E-state index in [9.17, 15) is 77.6 Å². The average molecular weight is 1410 g/mol. The SMILES string of the molecule is CC(N)=NCCC[C@@H]1NC(=O)[C@H](C(C)C)NC(=O)[C@@H](Cc2ccc(OCCCNC(=O)[C@@H](N)CCC(=O)NCCCOc3ccc(C[C@H]4NC(=O)[C@H](CC(=O)O)NC(=O)CNC(=O)[C@H](CCCN=C(N)N)NC(=O)[C@H](C(C)C)NC4=O)cc3)cc2)NC(=O)[C@H](CC(O)O)NC(=O)CNC1=O. The van der Waals surface area contributed by atoms with E-state index in [1.807, 2.05) is 0 Å². The molecule has 2 heterocycles. The molecule has 2 aliphatic rings. The van der Waals surface area contributed by atoms with Gasteiger partial charge in [-0.15, -0.1) is 0 Å². The van der Waals surface area contributed by atoms with Gasteiger partial charge in [0, 0.05) is 51.9 Å². The summed E-state index contributed by atoms with van der Waals surface area (Å²) in [4.78, 5) is 180. The fourth-order valence-corrected chi connectivity index (χ4v) is 10.1. The lowest BCUT2D eigenvalue weighted by molar-refractivity contribution is -0.141. The van der Waals surface area contributed by atoms with Gasteiger partial charge in [-0.25, -0.2) is 0 Å². The Morgan fingerprint density at radius 3 is 1.39 bits per heavy atom. The van der Waals surface area contributed by atoms with Crippen LogP contribution in [0.5, 0.6) is 11.5 Å². The third kappa shape index (κ3) is 30.7. The summed E-state index contributed by atoms with van der Waals surface area (Å²) in [5.41, 5.74) is 23.6. The van der Waals surface area contributed by atoms with Crippen LogP contribution in [0, 0.1) is 11.8 Å². The first kappa shape index (κ1) is 82.2. The van der Waals surface area contributed by atoms with Gasteiger partial charge in [0.1, 0.15) is 59.8 Å². The van der Waals surface area contributed by atoms with Crippen LogP contribution in [0.4, 0.5) is 0 Å². The van der Waals surface area contributed by atoms with Gasteiger partial charge in [0.05, 0.1) is 44.6 Å². The zero-order chi connectivity index (χ0) is 74.0. The van der Waals surface area contributed by atoms with E-state index in [0.29, 0.717) is 47.7 Å². The summed E-state index contributed by atoms with van der Waals surface area (Å²) in [7, 11) is 0. The summed E-state index contributed by atoms with van der Waals surface area (Å²) in [5.74, 6) is -10.7. The number of carboxylic acid groups (broad SMARTS) is 1. The highest BCUT2D eigenvalue weighted by molar-refractivity contribution is 5.99. The van der Waals surface area contributed by atoms with Crippen molar-refractivity contribution in [3.8, 4) is 11.5 Å². The smallest absolute Gasteiger partial charge is 0.305 e. The first-order valence-electron chi connectivity index (χ1n) is 33.0. The number of nitrogens with zero attached hydrogens (tertiary/aromatic N) is 2. The van der Waals surface area contributed by atoms with E-state index in [-0.39, 0.29) is 96.2 Å². The number of ether oxygens (including phenoxy) is 2. The second kappa shape index (κ2) is 42.6. The van der Waals surface area contributed by atoms with E-state index in [1.54, 1.807) is 83.1 Å². The molecule has 0 aliphatic carbocycles. The minimum Gasteiger partial charge on any atom is -0.494 e. The summed E-state index contributed by atoms with van der Waals surface area (Å²) in [6.45, 7) is 8.01. The number of carbonyl (C=O) groups excluding carboxylic acids is 12. The van der Waals surface area contributed by atoms with Crippen LogP contribution in [0.3, 0.4) is 0 Å². The standard InChI is InChI=1S/C64H98N18O18/c1-34(2)53-62(97)77-42(10-6-22-69-36(5)65)56(91)73-32-49(84)75-46(30-51(86)87)58(93)80-45(60(95)81-53)29-38-14-18-40(19-15-38)100-27-9-25-71-55(90)41(66)20-21-48(83)70-24-8-26-99-39-16-12-37(13-17-39)28-44-61(96)82-54(35(3)4)63(98)78-43(11-7-23-72-64(67)68)57(92)74-33-50(85)76-47(31-52(88)89)59(94)79-44/h12-19,34-35,41-47,51,53-54,86-87H,6-11,20-33,66H2,1-5H3,(H2,65,69)(H,70,83)(H,71,90)(H,73,91)(H,74,92)(H,75,84)(H,76,85)(H,77,97)(H,78,98)(H,79,94)(H,80,93)(H,81,95)(H,82,96)(H,88,89)(H4,67,68,72)/t41-,42-,43-,44+,45+,46-,47-,53-,54-/m0/s1. The first-order valence-corrected chi connectivity index (χ1v) is 33.0. The van der Waals surface area contributed by atoms with Gasteiger partial charge in [0.15, 0.2) is 12.2 Å². The van der Waals surface area contributed by atoms with Crippen LogP contribution in [0.1, 0.15) is 110 Å². The van der Waals surface area contributed by atoms with Crippen LogP contribution >= 0.6 is 0 Å². The van der Waals surface area contributed by atoms with Crippen LogP contribution in [-0.2, 0) is 75.2 Å². The molecule has 36 heteroatoms. The molecule has 0 radical (unpaired) electrons. The number of carboxylic acids is 1. The van der Waals surface area contributed by atoms with E-state index in [4.69, 9.17) is 32.4 Å². The lowest BCUT2D eigenvalue weighted by atomic mass is 9.99. The number of carbonyl (C=O) groups is 13. The van der Waals surface area contributed by atoms with Crippen molar-refractivity contribution in [2.75, 3.05) is 52.5 Å². The molecule has 0 aromatic heterocycles. The summed E-state index contributed by atoms with van der Waals surface area (Å²) in [5, 5.41) is 59.9. The predicted octanol–water partition coefficient (Wildman–Crippen LogP) is -5.81. The van der Waals surface area contributed by atoms with Crippen LogP contribution < -0.4 is 96.2 Å². The quantitative estimate of drug-likeness (QED) is 0.0140. The second-order valence-electron chi connectivity index (χ2n) is 24.7. The molecule has 0 spiro atoms. The van der Waals surface area contributed by atoms with Crippen LogP contribution in [0.15, 0.2) is 58.5 Å². The summed E-state index contributed by atoms with van der Waals surface area (Å²) < 4.78 is 11.7. The number of aliphatic carboxylic acids is 1. The summed E-state index contributed by atoms with van der Waals surface area (Å²) in [6, 6.07) is 1.16. The van der Waals surface area contributed by atoms with Gasteiger partial charge in [-0.05, 0) is 99.1 Å². The number of amides is 12. The molecule has 2 saturated heterocycles. The third-order valence-corrected chi connectivity index (χ3v) is 15.5. The highest BCUT2D eigenvalue weighted by Crippen LogP contribution is 2.18. The zero-order valence-corrected chi connectivity index (χ0v) is 56.9. The maximum absolute atomic E-state index is 14.0. The lowest BCUT2D eigenvalue weighted by Gasteiger charge is -2.28. The second-order valence-corrected chi connectivity index (χ2v) is 24.7. The van der Waals surface area contributed by atoms with E-state index < -0.39 is 169 Å². The van der Waals surface area contributed by atoms with Crippen molar-refractivity contribution in [3.63, 3.8) is 0 Å². The van der Waals surface area contributed by atoms with Crippen molar-refractivity contribution in [3.05, 3.63) is 59.7 Å². The molecule has 0 unspecified atom stereocenters. The largest absolute Gasteiger partial charge is 0.494 e. The van der Waals surface area contributed by atoms with E-state index in [0.717, 1.165) is 0 Å². The maximum Gasteiger partial charge on any atom is 0.305 e. The number of rotatable bonds is 32. The number of hydrogen-bond acceptors (Lipinski definition) is 20. The molecule has 2 aliphatic heterocycles. The Kier molecular flexibility index (Phi) is 35.0. The first-order chi connectivity index (χ1) is 47.4. The maximum atomic E-state index is 14.0. The van der Waals surface area contributed by atoms with Crippen molar-refractivity contribution in [2.24, 2.45) is 44.8 Å². The van der Waals surface area contributed by atoms with Gasteiger partial charge in [-0.2, -0.15) is 0 Å². The Balaban J connectivity index is 1.24. The molecule has 4 rings (SSSR count). The van der Waals surface area contributed by atoms with Crippen molar-refractivity contribution in [1.82, 2.24) is 63.8 Å². The number of guanidine groups is 1. The fraction of sp³-hybridized carbons (Fsp3) is 0.578. The van der Waals surface area contributed by atoms with Crippen LogP contribution in [0.25, 0.3) is 0 Å². The number of aliphatic hydroxyl groups is 2. The molecular formula is C64H98N18O18. The normalized spacial score (nSPS) is 21.4. The topological polar surface area (TPSA) is 574 Å². The Hall–Kier alpha value is -10.2. The number of nitrogens with one attached hydrogen (secondary N) is 12. The molecule has 2 aromatic rings. The molecule has 2 aromatic carbocycles. The van der Waals surface area contributed by atoms with E-state index in [2.05, 4.69) is 73.8 Å². The van der Waals surface area contributed by atoms with E-state index in [1.165, 1.54) is 0 Å². The number of amidine groups is 1. The number of aliphatic hydroxyl groups excluding tert-OH is 1. The van der Waals surface area contributed by atoms with Gasteiger partial charge in [0.2, 0.25) is 70.9 Å². The number of benzene rings is 2. The minimum atomic E-state index is -2.05. The Morgan fingerprint density at radius 2 is 0.960 bits per heavy atom. The zero-order valence-electron chi connectivity index (χ0n) is 56.9.